The van der Waals surface area contributed by atoms with Gasteiger partial charge in [-0.2, -0.15) is 0 Å². The zero-order chi connectivity index (χ0) is 21.8. The molecule has 6 nitrogen and oxygen atoms in total. The largest absolute Gasteiger partial charge is 0.356 e. The highest BCUT2D eigenvalue weighted by molar-refractivity contribution is 14.0. The van der Waals surface area contributed by atoms with Crippen molar-refractivity contribution in [2.45, 2.75) is 58.4 Å². The summed E-state index contributed by atoms with van der Waals surface area (Å²) < 4.78 is 0. The summed E-state index contributed by atoms with van der Waals surface area (Å²) in [5.74, 6) is 1.48. The van der Waals surface area contributed by atoms with Crippen LogP contribution in [0.15, 0.2) is 35.3 Å². The summed E-state index contributed by atoms with van der Waals surface area (Å²) in [5, 5.41) is 9.31. The summed E-state index contributed by atoms with van der Waals surface area (Å²) in [4.78, 5) is 18.7. The first-order valence-electron chi connectivity index (χ1n) is 11.4. The number of aliphatic imine (C=N–C) groups is 1. The molecular formula is C24H42IN5O. The standard InChI is InChI=1S/C24H41N5O.HI/c1-24(2,3)28-22(30)19-27-23(25-4)26-14-8-9-15-29-16-12-21(13-17-29)18-20-10-6-5-7-11-20;/h5-7,10-11,21H,8-9,12-19H2,1-4H3,(H,28,30)(H2,25,26,27);1H. The molecule has 1 aromatic carbocycles. The minimum atomic E-state index is -0.217. The highest BCUT2D eigenvalue weighted by Gasteiger charge is 2.19. The smallest absolute Gasteiger partial charge is 0.239 e. The number of hydrogen-bond acceptors (Lipinski definition) is 3. The molecule has 3 N–H and O–H groups in total. The Kier molecular flexibility index (Phi) is 13.1. The van der Waals surface area contributed by atoms with E-state index in [-0.39, 0.29) is 42.0 Å². The number of likely N-dealkylation sites (tertiary alicyclic amines) is 1. The Bertz CT molecular complexity index is 652. The SMILES string of the molecule is CN=C(NCCCCN1CCC(Cc2ccccc2)CC1)NCC(=O)NC(C)(C)C.I. The number of hydrogen-bond donors (Lipinski definition) is 3. The molecule has 31 heavy (non-hydrogen) atoms. The average Bonchev–Trinajstić information content (AvgIpc) is 2.71. The van der Waals surface area contributed by atoms with E-state index in [1.807, 2.05) is 20.8 Å². The number of piperidine rings is 1. The molecule has 0 aliphatic carbocycles. The zero-order valence-corrected chi connectivity index (χ0v) is 22.1. The summed E-state index contributed by atoms with van der Waals surface area (Å²) in [7, 11) is 1.73. The molecule has 0 spiro atoms. The first-order chi connectivity index (χ1) is 14.4. The van der Waals surface area contributed by atoms with Gasteiger partial charge in [0.2, 0.25) is 5.91 Å². The van der Waals surface area contributed by atoms with Crippen LogP contribution in [0.25, 0.3) is 0 Å². The van der Waals surface area contributed by atoms with E-state index in [4.69, 9.17) is 0 Å². The minimum absolute atomic E-state index is 0. The van der Waals surface area contributed by atoms with E-state index in [2.05, 4.69) is 56.2 Å². The van der Waals surface area contributed by atoms with Gasteiger partial charge in [0.25, 0.3) is 0 Å². The summed E-state index contributed by atoms with van der Waals surface area (Å²) in [6, 6.07) is 10.9. The fourth-order valence-electron chi connectivity index (χ4n) is 3.88. The molecule has 176 valence electrons. The number of nitrogens with zero attached hydrogens (tertiary/aromatic N) is 2. The maximum atomic E-state index is 11.9. The second kappa shape index (κ2) is 14.7. The van der Waals surface area contributed by atoms with Crippen LogP contribution in [0.3, 0.4) is 0 Å². The topological polar surface area (TPSA) is 68.8 Å². The fourth-order valence-corrected chi connectivity index (χ4v) is 3.88. The molecule has 1 aromatic rings. The lowest BCUT2D eigenvalue weighted by Crippen LogP contribution is -2.48. The van der Waals surface area contributed by atoms with E-state index in [0.29, 0.717) is 5.96 Å². The molecular weight excluding hydrogens is 501 g/mol. The van der Waals surface area contributed by atoms with Crippen molar-refractivity contribution in [1.82, 2.24) is 20.9 Å². The van der Waals surface area contributed by atoms with Crippen LogP contribution in [0.4, 0.5) is 0 Å². The van der Waals surface area contributed by atoms with Gasteiger partial charge in [-0.3, -0.25) is 9.79 Å². The van der Waals surface area contributed by atoms with Crippen molar-refractivity contribution in [2.24, 2.45) is 10.9 Å². The van der Waals surface area contributed by atoms with Crippen LogP contribution in [-0.2, 0) is 11.2 Å². The third-order valence-electron chi connectivity index (χ3n) is 5.42. The normalized spacial score (nSPS) is 15.8. The van der Waals surface area contributed by atoms with Crippen molar-refractivity contribution in [1.29, 1.82) is 0 Å². The van der Waals surface area contributed by atoms with Crippen molar-refractivity contribution in [3.8, 4) is 0 Å². The fraction of sp³-hybridized carbons (Fsp3) is 0.667. The van der Waals surface area contributed by atoms with Crippen LogP contribution in [0.5, 0.6) is 0 Å². The van der Waals surface area contributed by atoms with Crippen molar-refractivity contribution in [3.63, 3.8) is 0 Å². The molecule has 0 atom stereocenters. The van der Waals surface area contributed by atoms with Crippen molar-refractivity contribution in [3.05, 3.63) is 35.9 Å². The van der Waals surface area contributed by atoms with Gasteiger partial charge < -0.3 is 20.9 Å². The number of rotatable bonds is 9. The predicted molar refractivity (Wildman–Crippen MR) is 141 cm³/mol. The Morgan fingerprint density at radius 1 is 1.10 bits per heavy atom. The maximum Gasteiger partial charge on any atom is 0.239 e. The lowest BCUT2D eigenvalue weighted by Gasteiger charge is -2.32. The highest BCUT2D eigenvalue weighted by atomic mass is 127. The van der Waals surface area contributed by atoms with Gasteiger partial charge in [-0.1, -0.05) is 30.3 Å². The lowest BCUT2D eigenvalue weighted by molar-refractivity contribution is -0.121. The van der Waals surface area contributed by atoms with Crippen LogP contribution < -0.4 is 16.0 Å². The molecule has 1 aliphatic rings. The number of guanidine groups is 1. The van der Waals surface area contributed by atoms with Gasteiger partial charge in [-0.15, -0.1) is 24.0 Å². The number of amides is 1. The molecule has 7 heteroatoms. The third kappa shape index (κ3) is 12.3. The van der Waals surface area contributed by atoms with Gasteiger partial charge >= 0.3 is 0 Å². The second-order valence-corrected chi connectivity index (χ2v) is 9.33. The second-order valence-electron chi connectivity index (χ2n) is 9.33. The molecule has 2 rings (SSSR count). The number of halogens is 1. The predicted octanol–water partition coefficient (Wildman–Crippen LogP) is 3.42. The van der Waals surface area contributed by atoms with Crippen molar-refractivity contribution < 1.29 is 4.79 Å². The van der Waals surface area contributed by atoms with E-state index in [1.165, 1.54) is 50.9 Å². The summed E-state index contributed by atoms with van der Waals surface area (Å²) in [5.41, 5.74) is 1.26. The molecule has 1 fully saturated rings. The molecule has 1 saturated heterocycles. The molecule has 0 radical (unpaired) electrons. The Morgan fingerprint density at radius 2 is 1.77 bits per heavy atom. The van der Waals surface area contributed by atoms with Crippen LogP contribution in [-0.4, -0.2) is 62.1 Å². The molecule has 0 saturated carbocycles. The number of carbonyl (C=O) groups is 1. The molecule has 0 unspecified atom stereocenters. The average molecular weight is 544 g/mol. The Morgan fingerprint density at radius 3 is 2.39 bits per heavy atom. The van der Waals surface area contributed by atoms with E-state index >= 15 is 0 Å². The molecule has 1 amide bonds. The quantitative estimate of drug-likeness (QED) is 0.193. The summed E-state index contributed by atoms with van der Waals surface area (Å²) in [6.45, 7) is 10.6. The van der Waals surface area contributed by atoms with Gasteiger partial charge in [0.15, 0.2) is 5.96 Å². The van der Waals surface area contributed by atoms with E-state index in [0.717, 1.165) is 18.9 Å². The van der Waals surface area contributed by atoms with E-state index in [1.54, 1.807) is 7.05 Å². The van der Waals surface area contributed by atoms with E-state index in [9.17, 15) is 4.79 Å². The first kappa shape index (κ1) is 27.7. The van der Waals surface area contributed by atoms with Gasteiger partial charge in [-0.25, -0.2) is 0 Å². The molecule has 0 bridgehead atoms. The Balaban J connectivity index is 0.00000480. The number of unbranched alkanes of at least 4 members (excludes halogenated alkanes) is 1. The van der Waals surface area contributed by atoms with Gasteiger partial charge in [0.1, 0.15) is 0 Å². The highest BCUT2D eigenvalue weighted by Crippen LogP contribution is 2.21. The Labute approximate surface area is 206 Å². The summed E-state index contributed by atoms with van der Waals surface area (Å²) >= 11 is 0. The van der Waals surface area contributed by atoms with Crippen LogP contribution in [0.1, 0.15) is 52.0 Å². The van der Waals surface area contributed by atoms with E-state index < -0.39 is 0 Å². The van der Waals surface area contributed by atoms with Crippen LogP contribution >= 0.6 is 24.0 Å². The van der Waals surface area contributed by atoms with Crippen molar-refractivity contribution in [2.75, 3.05) is 39.8 Å². The number of carbonyl (C=O) groups excluding carboxylic acids is 1. The Hall–Kier alpha value is -1.35. The molecule has 0 aromatic heterocycles. The third-order valence-corrected chi connectivity index (χ3v) is 5.42. The molecule has 1 heterocycles. The van der Waals surface area contributed by atoms with Gasteiger partial charge in [0.05, 0.1) is 6.54 Å². The van der Waals surface area contributed by atoms with Crippen molar-refractivity contribution >= 4 is 35.8 Å². The summed E-state index contributed by atoms with van der Waals surface area (Å²) in [6.07, 6.45) is 6.11. The van der Waals surface area contributed by atoms with Gasteiger partial charge in [-0.05, 0) is 84.0 Å². The first-order valence-corrected chi connectivity index (χ1v) is 11.4. The molecule has 1 aliphatic heterocycles. The maximum absolute atomic E-state index is 11.9. The minimum Gasteiger partial charge on any atom is -0.356 e. The zero-order valence-electron chi connectivity index (χ0n) is 19.7. The number of benzene rings is 1. The lowest BCUT2D eigenvalue weighted by atomic mass is 9.90. The van der Waals surface area contributed by atoms with Gasteiger partial charge in [0, 0.05) is 19.1 Å². The van der Waals surface area contributed by atoms with Crippen LogP contribution in [0.2, 0.25) is 0 Å². The number of nitrogens with one attached hydrogen (secondary N) is 3. The van der Waals surface area contributed by atoms with Crippen LogP contribution in [0, 0.1) is 5.92 Å². The monoisotopic (exact) mass is 543 g/mol.